The molecule has 0 aliphatic rings. The van der Waals surface area contributed by atoms with Gasteiger partial charge in [0.1, 0.15) is 18.0 Å². The highest BCUT2D eigenvalue weighted by Gasteiger charge is 2.37. The van der Waals surface area contributed by atoms with Gasteiger partial charge in [-0.3, -0.25) is 4.98 Å². The van der Waals surface area contributed by atoms with E-state index in [9.17, 15) is 18.0 Å². The van der Waals surface area contributed by atoms with Crippen LogP contribution >= 0.6 is 0 Å². The number of nitrogens with zero attached hydrogens (tertiary/aromatic N) is 2. The van der Waals surface area contributed by atoms with Crippen molar-refractivity contribution in [3.05, 3.63) is 59.8 Å². The van der Waals surface area contributed by atoms with E-state index < -0.39 is 29.0 Å². The molecule has 0 radical (unpaired) electrons. The zero-order chi connectivity index (χ0) is 28.3. The lowest BCUT2D eigenvalue weighted by Crippen LogP contribution is -2.52. The molecule has 1 N–H and O–H groups in total. The van der Waals surface area contributed by atoms with Crippen LogP contribution in [-0.4, -0.2) is 28.8 Å². The second-order valence-corrected chi connectivity index (χ2v) is 11.0. The summed E-state index contributed by atoms with van der Waals surface area (Å²) in [6, 6.07) is 12.4. The summed E-state index contributed by atoms with van der Waals surface area (Å²) in [6.45, 7) is 10.6. The summed E-state index contributed by atoms with van der Waals surface area (Å²) in [4.78, 5) is 16.7. The molecule has 0 fully saturated rings. The lowest BCUT2D eigenvalue weighted by molar-refractivity contribution is -0.139. The number of aromatic nitrogens is 1. The average Bonchev–Trinajstić information content (AvgIpc) is 2.79. The molecule has 0 saturated heterocycles. The van der Waals surface area contributed by atoms with Gasteiger partial charge in [-0.15, -0.1) is 0 Å². The summed E-state index contributed by atoms with van der Waals surface area (Å²) in [6.07, 6.45) is -3.40. The molecule has 0 bridgehead atoms. The zero-order valence-electron chi connectivity index (χ0n) is 22.4. The number of carbonyl (C=O) groups excluding carboxylic acids is 1. The molecule has 202 valence electrons. The Morgan fingerprint density at radius 2 is 1.79 bits per heavy atom. The van der Waals surface area contributed by atoms with Crippen molar-refractivity contribution in [2.75, 3.05) is 6.61 Å². The summed E-state index contributed by atoms with van der Waals surface area (Å²) in [7, 11) is 0. The fraction of sp³-hybridized carbons (Fsp3) is 0.414. The summed E-state index contributed by atoms with van der Waals surface area (Å²) < 4.78 is 53.6. The molecule has 1 heterocycles. The summed E-state index contributed by atoms with van der Waals surface area (Å²) in [5.74, 6) is -0.211. The van der Waals surface area contributed by atoms with Crippen LogP contribution in [0.25, 0.3) is 22.0 Å². The maximum Gasteiger partial charge on any atom is 0.419 e. The Hall–Kier alpha value is -3.80. The highest BCUT2D eigenvalue weighted by Crippen LogP contribution is 2.40. The number of halogens is 3. The van der Waals surface area contributed by atoms with Gasteiger partial charge in [-0.2, -0.15) is 18.4 Å². The Labute approximate surface area is 220 Å². The largest absolute Gasteiger partial charge is 0.491 e. The van der Waals surface area contributed by atoms with Gasteiger partial charge >= 0.3 is 12.3 Å². The Morgan fingerprint density at radius 1 is 1.08 bits per heavy atom. The minimum absolute atomic E-state index is 0.129. The number of ether oxygens (including phenoxy) is 2. The van der Waals surface area contributed by atoms with Crippen LogP contribution in [0, 0.1) is 17.2 Å². The molecule has 9 heteroatoms. The number of pyridine rings is 1. The highest BCUT2D eigenvalue weighted by atomic mass is 19.4. The topological polar surface area (TPSA) is 84.2 Å². The van der Waals surface area contributed by atoms with Gasteiger partial charge in [0.15, 0.2) is 0 Å². The van der Waals surface area contributed by atoms with Crippen LogP contribution < -0.4 is 10.1 Å². The number of hydrogen-bond donors (Lipinski definition) is 1. The molecular formula is C29H32F3N3O3. The number of carbonyl (C=O) groups is 1. The first kappa shape index (κ1) is 28.8. The van der Waals surface area contributed by atoms with E-state index in [1.165, 1.54) is 12.3 Å². The van der Waals surface area contributed by atoms with Crippen molar-refractivity contribution >= 4 is 17.0 Å². The van der Waals surface area contributed by atoms with Crippen molar-refractivity contribution < 1.29 is 27.4 Å². The van der Waals surface area contributed by atoms with Gasteiger partial charge in [-0.1, -0.05) is 26.0 Å². The summed E-state index contributed by atoms with van der Waals surface area (Å²) >= 11 is 0. The van der Waals surface area contributed by atoms with Gasteiger partial charge in [0.05, 0.1) is 28.3 Å². The average molecular weight is 528 g/mol. The number of fused-ring (bicyclic) bond motifs is 1. The third-order valence-corrected chi connectivity index (χ3v) is 5.68. The predicted octanol–water partition coefficient (Wildman–Crippen LogP) is 7.50. The fourth-order valence-electron chi connectivity index (χ4n) is 4.35. The van der Waals surface area contributed by atoms with Crippen molar-refractivity contribution in [1.29, 1.82) is 5.26 Å². The molecule has 1 amide bonds. The molecule has 6 nitrogen and oxygen atoms in total. The first-order chi connectivity index (χ1) is 17.6. The van der Waals surface area contributed by atoms with Gasteiger partial charge in [-0.25, -0.2) is 4.79 Å². The first-order valence-electron chi connectivity index (χ1n) is 12.2. The summed E-state index contributed by atoms with van der Waals surface area (Å²) in [5.41, 5.74) is -0.836. The van der Waals surface area contributed by atoms with Gasteiger partial charge in [0.2, 0.25) is 0 Å². The first-order valence-corrected chi connectivity index (χ1v) is 12.2. The standard InChI is InChI=1S/C29H32F3N3O3/c1-18(2)15-28(6,35-26(36)38-27(3,4)5)17-37-25-10-8-20(14-23(25)29(30,31)32)21-11-12-34-24-13-19(16-33)7-9-22(21)24/h7-14,18H,15,17H2,1-6H3,(H,35,36). The smallest absolute Gasteiger partial charge is 0.419 e. The number of alkyl halides is 3. The van der Waals surface area contributed by atoms with Crippen molar-refractivity contribution in [3.8, 4) is 22.9 Å². The van der Waals surface area contributed by atoms with E-state index in [-0.39, 0.29) is 18.3 Å². The normalized spacial score (nSPS) is 13.6. The SMILES string of the molecule is CC(C)CC(C)(COc1ccc(-c2ccnc3cc(C#N)ccc23)cc1C(F)(F)F)NC(=O)OC(C)(C)C. The Morgan fingerprint density at radius 3 is 2.39 bits per heavy atom. The second-order valence-electron chi connectivity index (χ2n) is 11.0. The Balaban J connectivity index is 1.95. The minimum Gasteiger partial charge on any atom is -0.491 e. The van der Waals surface area contributed by atoms with Crippen molar-refractivity contribution in [2.45, 2.75) is 65.3 Å². The number of hydrogen-bond acceptors (Lipinski definition) is 5. The Bertz CT molecular complexity index is 1360. The van der Waals surface area contributed by atoms with Gasteiger partial charge in [0.25, 0.3) is 0 Å². The van der Waals surface area contributed by atoms with E-state index >= 15 is 0 Å². The van der Waals surface area contributed by atoms with E-state index in [2.05, 4.69) is 10.3 Å². The maximum atomic E-state index is 14.2. The molecule has 1 atom stereocenters. The van der Waals surface area contributed by atoms with Crippen LogP contribution in [0.3, 0.4) is 0 Å². The number of amides is 1. The molecule has 0 saturated carbocycles. The fourth-order valence-corrected chi connectivity index (χ4v) is 4.35. The quantitative estimate of drug-likeness (QED) is 0.344. The van der Waals surface area contributed by atoms with E-state index in [1.807, 2.05) is 19.9 Å². The third-order valence-electron chi connectivity index (χ3n) is 5.68. The van der Waals surface area contributed by atoms with E-state index in [0.29, 0.717) is 34.0 Å². The van der Waals surface area contributed by atoms with Crippen LogP contribution in [-0.2, 0) is 10.9 Å². The van der Waals surface area contributed by atoms with Gasteiger partial charge in [-0.05, 0) is 81.5 Å². The summed E-state index contributed by atoms with van der Waals surface area (Å²) in [5, 5.41) is 12.6. The van der Waals surface area contributed by atoms with Crippen LogP contribution in [0.15, 0.2) is 48.7 Å². The molecule has 0 spiro atoms. The van der Waals surface area contributed by atoms with Gasteiger partial charge < -0.3 is 14.8 Å². The minimum atomic E-state index is -4.69. The number of nitrogens with one attached hydrogen (secondary N) is 1. The van der Waals surface area contributed by atoms with Crippen LogP contribution in [0.4, 0.5) is 18.0 Å². The molecule has 2 aromatic carbocycles. The Kier molecular flexibility index (Phi) is 8.25. The van der Waals surface area contributed by atoms with Crippen molar-refractivity contribution in [2.24, 2.45) is 5.92 Å². The number of rotatable bonds is 7. The van der Waals surface area contributed by atoms with Crippen LogP contribution in [0.5, 0.6) is 5.75 Å². The molecular weight excluding hydrogens is 495 g/mol. The van der Waals surface area contributed by atoms with Gasteiger partial charge in [0, 0.05) is 11.6 Å². The van der Waals surface area contributed by atoms with Crippen LogP contribution in [0.2, 0.25) is 0 Å². The maximum absolute atomic E-state index is 14.2. The lowest BCUT2D eigenvalue weighted by Gasteiger charge is -2.33. The molecule has 0 aliphatic heterocycles. The van der Waals surface area contributed by atoms with E-state index in [4.69, 9.17) is 14.7 Å². The number of alkyl carbamates (subject to hydrolysis) is 1. The lowest BCUT2D eigenvalue weighted by atomic mass is 9.91. The monoisotopic (exact) mass is 527 g/mol. The molecule has 38 heavy (non-hydrogen) atoms. The predicted molar refractivity (Wildman–Crippen MR) is 140 cm³/mol. The van der Waals surface area contributed by atoms with Crippen molar-refractivity contribution in [3.63, 3.8) is 0 Å². The molecule has 3 aromatic rings. The molecule has 1 unspecified atom stereocenters. The van der Waals surface area contributed by atoms with E-state index in [0.717, 1.165) is 6.07 Å². The molecule has 0 aliphatic carbocycles. The highest BCUT2D eigenvalue weighted by molar-refractivity contribution is 5.95. The second kappa shape index (κ2) is 10.9. The zero-order valence-corrected chi connectivity index (χ0v) is 22.4. The van der Waals surface area contributed by atoms with Crippen LogP contribution in [0.1, 0.15) is 59.1 Å². The number of nitriles is 1. The molecule has 1 aromatic heterocycles. The third kappa shape index (κ3) is 7.37. The number of benzene rings is 2. The molecule has 3 rings (SSSR count). The van der Waals surface area contributed by atoms with E-state index in [1.54, 1.807) is 58.0 Å². The van der Waals surface area contributed by atoms with Crippen molar-refractivity contribution in [1.82, 2.24) is 10.3 Å².